The molecular formula is C47H77B6Cl4N4Zr2. The Balaban J connectivity index is -0.000000275. The van der Waals surface area contributed by atoms with Gasteiger partial charge in [-0.25, -0.2) is 0 Å². The molecule has 11 radical (unpaired) electrons. The number of nitrogens with zero attached hydrogens (tertiary/aromatic N) is 2. The summed E-state index contributed by atoms with van der Waals surface area (Å²) in [5.74, 6) is 2.04. The number of aliphatic imine (C=N–C) groups is 2. The van der Waals surface area contributed by atoms with Crippen LogP contribution in [-0.2, 0) is 41.7 Å². The van der Waals surface area contributed by atoms with Crippen LogP contribution in [0.25, 0.3) is 0 Å². The molecule has 0 bridgehead atoms. The summed E-state index contributed by atoms with van der Waals surface area (Å²) in [6, 6.07) is 13.4. The van der Waals surface area contributed by atoms with Crippen LogP contribution in [0, 0.1) is 22.3 Å². The summed E-state index contributed by atoms with van der Waals surface area (Å²) in [6.45, 7) is 24.5. The molecule has 0 aromatic heterocycles. The summed E-state index contributed by atoms with van der Waals surface area (Å²) < 4.78 is 0. The van der Waals surface area contributed by atoms with Gasteiger partial charge in [-0.15, -0.1) is 0 Å². The molecule has 2 aromatic carbocycles. The van der Waals surface area contributed by atoms with Gasteiger partial charge in [0.1, 0.15) is 0 Å². The van der Waals surface area contributed by atoms with E-state index in [0.717, 1.165) is 38.8 Å². The van der Waals surface area contributed by atoms with E-state index in [1.165, 1.54) is 102 Å². The number of benzene rings is 2. The molecule has 63 heavy (non-hydrogen) atoms. The van der Waals surface area contributed by atoms with Crippen molar-refractivity contribution in [1.82, 2.24) is 0 Å². The second kappa shape index (κ2) is 40.1. The molecule has 0 unspecified atom stereocenters. The maximum atomic E-state index is 5.04. The number of para-hydroxylation sites is 2. The quantitative estimate of drug-likeness (QED) is 0.106. The summed E-state index contributed by atoms with van der Waals surface area (Å²) in [7, 11) is 35.9. The van der Waals surface area contributed by atoms with Crippen LogP contribution in [-0.4, -0.2) is 69.6 Å². The predicted molar refractivity (Wildman–Crippen MR) is 292 cm³/mol. The molecule has 2 aromatic rings. The molecule has 4 rings (SSSR count). The SMILES string of the molecule is CCCCN=C1CCCC=C1Nc1c(C(C)C)cccc1C(C)C.CCCCN=C1CCCC=C1Nc1c(C(C)C)cccc1C(C)C.[B].[B][B]B([B])[B].[CH3-].[CH3-].[CH3-].[Cl][Zr]([Cl])([Cl])[Cl].[Zr+3]. The van der Waals surface area contributed by atoms with Crippen molar-refractivity contribution in [1.29, 1.82) is 0 Å². The second-order valence-electron chi connectivity index (χ2n) is 16.1. The van der Waals surface area contributed by atoms with Gasteiger partial charge < -0.3 is 32.9 Å². The van der Waals surface area contributed by atoms with E-state index in [1.807, 2.05) is 0 Å². The fourth-order valence-corrected chi connectivity index (χ4v) is 6.52. The van der Waals surface area contributed by atoms with Crippen LogP contribution in [0.4, 0.5) is 11.4 Å². The van der Waals surface area contributed by atoms with Crippen molar-refractivity contribution in [3.05, 3.63) is 104 Å². The fraction of sp³-hybridized carbons (Fsp3) is 0.553. The van der Waals surface area contributed by atoms with Gasteiger partial charge in [0, 0.05) is 69.5 Å². The second-order valence-corrected chi connectivity index (χ2v) is 38.5. The van der Waals surface area contributed by atoms with Crippen LogP contribution in [0.1, 0.15) is 179 Å². The molecule has 0 heterocycles. The zero-order valence-electron chi connectivity index (χ0n) is 41.3. The molecule has 16 heteroatoms. The van der Waals surface area contributed by atoms with Crippen LogP contribution in [0.5, 0.6) is 0 Å². The fourth-order valence-electron chi connectivity index (χ4n) is 6.52. The van der Waals surface area contributed by atoms with E-state index >= 15 is 0 Å². The topological polar surface area (TPSA) is 48.8 Å². The Morgan fingerprint density at radius 2 is 0.905 bits per heavy atom. The first-order valence-electron chi connectivity index (χ1n) is 21.4. The average molecular weight is 1090 g/mol. The van der Waals surface area contributed by atoms with E-state index in [0.29, 0.717) is 23.7 Å². The molecule has 2 aliphatic rings. The van der Waals surface area contributed by atoms with Crippen LogP contribution >= 0.6 is 34.1 Å². The Labute approximate surface area is 434 Å². The molecule has 2 aliphatic carbocycles. The standard InChI is InChI=1S/2C22H34N2.3CH3.B5.B.4ClH.2Zr/c2*1-6-7-15-23-20-13-8-9-14-21(20)24-22-18(16(2)3)11-10-12-19(22)17(4)5;;;;1-4-5(2)3;;;;;;;/h2*10-12,14,16-17,24H,6-9,13,15H2,1-5H3;3*1H3;;;4*1H;;/q;;3*-1;;;;;;;+3;+4/p-4. The van der Waals surface area contributed by atoms with Crippen molar-refractivity contribution >= 4 is 102 Å². The maximum Gasteiger partial charge on any atom is 3.00 e. The smallest absolute Gasteiger partial charge is 3.00 e. The third kappa shape index (κ3) is 30.3. The number of allylic oxidation sites excluding steroid dienone is 4. The predicted octanol–water partition coefficient (Wildman–Crippen LogP) is 15.1. The van der Waals surface area contributed by atoms with Crippen molar-refractivity contribution in [2.24, 2.45) is 9.98 Å². The largest absolute Gasteiger partial charge is 3.00 e. The Bertz CT molecular complexity index is 1450. The molecule has 0 atom stereocenters. The number of anilines is 2. The molecule has 0 amide bonds. The number of hydrogen-bond acceptors (Lipinski definition) is 4. The number of unbranched alkanes of at least 4 members (excludes halogenated alkanes) is 2. The van der Waals surface area contributed by atoms with Gasteiger partial charge in [0.2, 0.25) is 0 Å². The molecule has 339 valence electrons. The van der Waals surface area contributed by atoms with Gasteiger partial charge >= 0.3 is 75.7 Å². The van der Waals surface area contributed by atoms with Crippen molar-refractivity contribution in [3.63, 3.8) is 0 Å². The number of halogens is 4. The minimum atomic E-state index is -3.29. The van der Waals surface area contributed by atoms with Crippen molar-refractivity contribution in [2.45, 2.75) is 157 Å². The summed E-state index contributed by atoms with van der Waals surface area (Å²) in [6.07, 6.45) is 15.9. The normalized spacial score (nSPS) is 14.3. The molecule has 0 saturated heterocycles. The molecule has 4 nitrogen and oxygen atoms in total. The van der Waals surface area contributed by atoms with Gasteiger partial charge in [-0.2, -0.15) is 0 Å². The van der Waals surface area contributed by atoms with Gasteiger partial charge in [-0.1, -0.05) is 131 Å². The van der Waals surface area contributed by atoms with Crippen molar-refractivity contribution in [2.75, 3.05) is 23.7 Å². The maximum absolute atomic E-state index is 5.04. The number of nitrogens with one attached hydrogen (secondary N) is 2. The van der Waals surface area contributed by atoms with E-state index in [1.54, 1.807) is 0 Å². The zero-order chi connectivity index (χ0) is 43.8. The average Bonchev–Trinajstić information content (AvgIpc) is 3.16. The van der Waals surface area contributed by atoms with Crippen LogP contribution in [0.15, 0.2) is 69.9 Å². The van der Waals surface area contributed by atoms with Gasteiger partial charge in [0.15, 0.2) is 0 Å². The Kier molecular flexibility index (Phi) is 45.9. The molecule has 2 N–H and O–H groups in total. The third-order valence-electron chi connectivity index (χ3n) is 9.67. The van der Waals surface area contributed by atoms with E-state index in [9.17, 15) is 0 Å². The number of hydrogen-bond donors (Lipinski definition) is 2. The van der Waals surface area contributed by atoms with E-state index < -0.39 is 21.9 Å². The third-order valence-corrected chi connectivity index (χ3v) is 9.67. The Morgan fingerprint density at radius 3 is 1.13 bits per heavy atom. The molecule has 0 saturated carbocycles. The summed E-state index contributed by atoms with van der Waals surface area (Å²) in [5, 5.41) is 7.58. The first-order valence-corrected chi connectivity index (χ1v) is 34.1. The van der Waals surface area contributed by atoms with E-state index in [-0.39, 0.29) is 56.9 Å². The van der Waals surface area contributed by atoms with Gasteiger partial charge in [0.25, 0.3) is 0 Å². The monoisotopic (exact) mass is 1080 g/mol. The van der Waals surface area contributed by atoms with E-state index in [2.05, 4.69) is 128 Å². The first kappa shape index (κ1) is 72.2. The van der Waals surface area contributed by atoms with Crippen molar-refractivity contribution < 1.29 is 41.7 Å². The summed E-state index contributed by atoms with van der Waals surface area (Å²) in [5.41, 5.74) is 13.2. The minimum Gasteiger partial charge on any atom is 3.00 e. The molecular weight excluding hydrogens is 1010 g/mol. The molecule has 0 aliphatic heterocycles. The van der Waals surface area contributed by atoms with Crippen molar-refractivity contribution in [3.8, 4) is 0 Å². The Morgan fingerprint density at radius 1 is 0.635 bits per heavy atom. The van der Waals surface area contributed by atoms with Gasteiger partial charge in [-0.3, -0.25) is 9.98 Å². The van der Waals surface area contributed by atoms with Crippen LogP contribution in [0.2, 0.25) is 0 Å². The molecule has 0 fully saturated rings. The van der Waals surface area contributed by atoms with Gasteiger partial charge in [-0.05, 0) is 97.3 Å². The zero-order valence-corrected chi connectivity index (χ0v) is 49.2. The van der Waals surface area contributed by atoms with Crippen LogP contribution in [0.3, 0.4) is 0 Å². The van der Waals surface area contributed by atoms with Crippen LogP contribution < -0.4 is 10.6 Å². The van der Waals surface area contributed by atoms with E-state index in [4.69, 9.17) is 67.2 Å². The Hall–Kier alpha value is 0.176. The summed E-state index contributed by atoms with van der Waals surface area (Å²) >= 11 is -3.29. The minimum absolute atomic E-state index is 0. The number of rotatable bonds is 15. The summed E-state index contributed by atoms with van der Waals surface area (Å²) in [4.78, 5) is 9.77. The van der Waals surface area contributed by atoms with Gasteiger partial charge in [0.05, 0.1) is 22.8 Å². The first-order chi connectivity index (χ1) is 27.4. The molecule has 0 spiro atoms.